The molecule has 0 unspecified atom stereocenters. The molecule has 1 aromatic heterocycles. The zero-order chi connectivity index (χ0) is 28.0. The van der Waals surface area contributed by atoms with Gasteiger partial charge in [-0.05, 0) is 50.3 Å². The minimum absolute atomic E-state index is 0.687. The summed E-state index contributed by atoms with van der Waals surface area (Å²) in [5.74, 6) is -0.440. The van der Waals surface area contributed by atoms with Gasteiger partial charge in [-0.15, -0.1) is 0 Å². The number of alkyl halides is 3. The summed E-state index contributed by atoms with van der Waals surface area (Å²) in [5.41, 5.74) is 7.90. The molecule has 2 heterocycles. The van der Waals surface area contributed by atoms with Gasteiger partial charge in [-0.25, -0.2) is 4.79 Å². The van der Waals surface area contributed by atoms with Crippen molar-refractivity contribution < 1.29 is 27.8 Å². The average molecular weight is 533 g/mol. The van der Waals surface area contributed by atoms with E-state index in [4.69, 9.17) is 19.7 Å². The number of benzene rings is 2. The van der Waals surface area contributed by atoms with Gasteiger partial charge in [0.1, 0.15) is 5.82 Å². The number of ether oxygens (including phenoxy) is 1. The predicted molar refractivity (Wildman–Crippen MR) is 142 cm³/mol. The Morgan fingerprint density at radius 1 is 1.13 bits per heavy atom. The molecule has 0 amide bonds. The monoisotopic (exact) mass is 532 g/mol. The second-order valence-corrected chi connectivity index (χ2v) is 9.45. The maximum absolute atomic E-state index is 10.6. The molecule has 38 heavy (non-hydrogen) atoms. The average Bonchev–Trinajstić information content (AvgIpc) is 3.18. The number of methoxy groups -OCH3 is 1. The smallest absolute Gasteiger partial charge is 0.475 e. The highest BCUT2D eigenvalue weighted by molar-refractivity contribution is 5.74. The molecule has 1 aliphatic heterocycles. The van der Waals surface area contributed by atoms with Gasteiger partial charge in [-0.1, -0.05) is 48.0 Å². The molecule has 0 fully saturated rings. The van der Waals surface area contributed by atoms with Crippen LogP contribution in [0.2, 0.25) is 0 Å². The first-order chi connectivity index (χ1) is 17.9. The Bertz CT molecular complexity index is 1220. The molecule has 1 aliphatic rings. The summed E-state index contributed by atoms with van der Waals surface area (Å²) in [5, 5.41) is 12.2. The van der Waals surface area contributed by atoms with Crippen molar-refractivity contribution in [1.82, 2.24) is 9.78 Å². The SMILES string of the molecule is COCCN(Cc1ccccc1)c1c2c(nn1C)N(c1c(C)cc(C)cc1C)CCC2.O=C(O)C(F)(F)F. The Labute approximate surface area is 221 Å². The topological polar surface area (TPSA) is 70.8 Å². The van der Waals surface area contributed by atoms with E-state index in [9.17, 15) is 13.2 Å². The van der Waals surface area contributed by atoms with Crippen LogP contribution in [-0.4, -0.2) is 53.8 Å². The van der Waals surface area contributed by atoms with Gasteiger partial charge in [0.25, 0.3) is 0 Å². The van der Waals surface area contributed by atoms with E-state index in [1.165, 1.54) is 39.3 Å². The molecule has 3 aromatic rings. The summed E-state index contributed by atoms with van der Waals surface area (Å²) in [4.78, 5) is 13.7. The number of carboxylic acid groups (broad SMARTS) is 1. The molecule has 0 saturated heterocycles. The first kappa shape index (κ1) is 29.0. The quantitative estimate of drug-likeness (QED) is 0.420. The van der Waals surface area contributed by atoms with E-state index in [1.54, 1.807) is 7.11 Å². The fraction of sp³-hybridized carbons (Fsp3) is 0.429. The summed E-state index contributed by atoms with van der Waals surface area (Å²) < 4.78 is 39.2. The zero-order valence-electron chi connectivity index (χ0n) is 22.5. The van der Waals surface area contributed by atoms with Gasteiger partial charge in [-0.2, -0.15) is 18.3 Å². The lowest BCUT2D eigenvalue weighted by molar-refractivity contribution is -0.192. The highest BCUT2D eigenvalue weighted by atomic mass is 19.4. The number of aromatic nitrogens is 2. The van der Waals surface area contributed by atoms with Crippen LogP contribution in [0.15, 0.2) is 42.5 Å². The van der Waals surface area contributed by atoms with Crippen molar-refractivity contribution in [3.63, 3.8) is 0 Å². The maximum atomic E-state index is 10.6. The molecule has 0 aliphatic carbocycles. The van der Waals surface area contributed by atoms with Crippen molar-refractivity contribution in [1.29, 1.82) is 0 Å². The van der Waals surface area contributed by atoms with Crippen LogP contribution in [0.25, 0.3) is 0 Å². The summed E-state index contributed by atoms with van der Waals surface area (Å²) in [7, 11) is 3.84. The predicted octanol–water partition coefficient (Wildman–Crippen LogP) is 5.72. The zero-order valence-corrected chi connectivity index (χ0v) is 22.5. The number of fused-ring (bicyclic) bond motifs is 1. The van der Waals surface area contributed by atoms with E-state index >= 15 is 0 Å². The molecule has 0 spiro atoms. The third-order valence-electron chi connectivity index (χ3n) is 6.38. The van der Waals surface area contributed by atoms with Gasteiger partial charge in [0, 0.05) is 45.0 Å². The first-order valence-corrected chi connectivity index (χ1v) is 12.4. The number of rotatable bonds is 7. The molecule has 1 N–H and O–H groups in total. The van der Waals surface area contributed by atoms with Crippen LogP contribution in [0.1, 0.15) is 34.2 Å². The third-order valence-corrected chi connectivity index (χ3v) is 6.38. The summed E-state index contributed by atoms with van der Waals surface area (Å²) in [6.07, 6.45) is -2.90. The standard InChI is InChI=1S/C26H34N4O.C2HF3O2/c1-19-16-20(2)24(21(3)17-19)30-13-9-12-23-25(30)27-28(4)26(23)29(14-15-31-5)18-22-10-7-6-8-11-22;3-2(4,5)1(6)7/h6-8,10-11,16-17H,9,12-15,18H2,1-5H3;(H,6,7). The van der Waals surface area contributed by atoms with E-state index in [1.807, 2.05) is 0 Å². The molecule has 4 rings (SSSR count). The second-order valence-electron chi connectivity index (χ2n) is 9.45. The van der Waals surface area contributed by atoms with Crippen LogP contribution < -0.4 is 9.80 Å². The number of hydrogen-bond acceptors (Lipinski definition) is 5. The summed E-state index contributed by atoms with van der Waals surface area (Å²) >= 11 is 0. The highest BCUT2D eigenvalue weighted by Crippen LogP contribution is 2.41. The van der Waals surface area contributed by atoms with Crippen molar-refractivity contribution in [2.75, 3.05) is 36.6 Å². The molecule has 7 nitrogen and oxygen atoms in total. The fourth-order valence-corrected chi connectivity index (χ4v) is 4.98. The molecule has 0 atom stereocenters. The van der Waals surface area contributed by atoms with E-state index < -0.39 is 12.1 Å². The number of nitrogens with zero attached hydrogens (tertiary/aromatic N) is 4. The number of hydrogen-bond donors (Lipinski definition) is 1. The van der Waals surface area contributed by atoms with Gasteiger partial charge < -0.3 is 19.6 Å². The number of carboxylic acids is 1. The van der Waals surface area contributed by atoms with Crippen LogP contribution in [0.4, 0.5) is 30.5 Å². The van der Waals surface area contributed by atoms with Crippen molar-refractivity contribution in [3.8, 4) is 0 Å². The van der Waals surface area contributed by atoms with Gasteiger partial charge in [0.15, 0.2) is 5.82 Å². The molecule has 0 saturated carbocycles. The summed E-state index contributed by atoms with van der Waals surface area (Å²) in [6, 6.07) is 15.2. The van der Waals surface area contributed by atoms with Crippen LogP contribution in [0, 0.1) is 20.8 Å². The Morgan fingerprint density at radius 3 is 2.29 bits per heavy atom. The minimum Gasteiger partial charge on any atom is -0.475 e. The van der Waals surface area contributed by atoms with E-state index in [0.29, 0.717) is 6.61 Å². The molecule has 206 valence electrons. The maximum Gasteiger partial charge on any atom is 0.490 e. The normalized spacial score (nSPS) is 13.0. The lowest BCUT2D eigenvalue weighted by Gasteiger charge is -2.32. The Hall–Kier alpha value is -3.53. The highest BCUT2D eigenvalue weighted by Gasteiger charge is 2.38. The largest absolute Gasteiger partial charge is 0.490 e. The van der Waals surface area contributed by atoms with E-state index in [-0.39, 0.29) is 0 Å². The molecular formula is C28H35F3N4O3. The molecule has 2 aromatic carbocycles. The van der Waals surface area contributed by atoms with Gasteiger partial charge in [-0.3, -0.25) is 4.68 Å². The molecule has 10 heteroatoms. The molecule has 0 radical (unpaired) electrons. The number of anilines is 3. The first-order valence-electron chi connectivity index (χ1n) is 12.4. The lowest BCUT2D eigenvalue weighted by Crippen LogP contribution is -2.30. The second kappa shape index (κ2) is 12.3. The molecular weight excluding hydrogens is 497 g/mol. The number of aryl methyl sites for hydroxylation is 4. The van der Waals surface area contributed by atoms with E-state index in [0.717, 1.165) is 38.3 Å². The van der Waals surface area contributed by atoms with Crippen LogP contribution in [0.3, 0.4) is 0 Å². The summed E-state index contributed by atoms with van der Waals surface area (Å²) in [6.45, 7) is 9.97. The Balaban J connectivity index is 0.000000505. The molecule has 0 bridgehead atoms. The minimum atomic E-state index is -5.08. The van der Waals surface area contributed by atoms with E-state index in [2.05, 4.69) is 84.8 Å². The Morgan fingerprint density at radius 2 is 1.74 bits per heavy atom. The number of aliphatic carboxylic acids is 1. The third kappa shape index (κ3) is 6.86. The van der Waals surface area contributed by atoms with Crippen molar-refractivity contribution in [2.45, 2.75) is 46.3 Å². The van der Waals surface area contributed by atoms with Crippen molar-refractivity contribution in [3.05, 3.63) is 70.3 Å². The van der Waals surface area contributed by atoms with Gasteiger partial charge >= 0.3 is 12.1 Å². The van der Waals surface area contributed by atoms with Gasteiger partial charge in [0.2, 0.25) is 0 Å². The number of carbonyl (C=O) groups is 1. The fourth-order valence-electron chi connectivity index (χ4n) is 4.98. The van der Waals surface area contributed by atoms with Crippen molar-refractivity contribution in [2.24, 2.45) is 7.05 Å². The van der Waals surface area contributed by atoms with Crippen LogP contribution in [-0.2, 0) is 29.5 Å². The van der Waals surface area contributed by atoms with Crippen LogP contribution >= 0.6 is 0 Å². The van der Waals surface area contributed by atoms with Crippen molar-refractivity contribution >= 4 is 23.3 Å². The lowest BCUT2D eigenvalue weighted by atomic mass is 10.00. The Kier molecular flexibility index (Phi) is 9.43. The van der Waals surface area contributed by atoms with Gasteiger partial charge in [0.05, 0.1) is 6.61 Å². The number of halogens is 3. The van der Waals surface area contributed by atoms with Crippen LogP contribution in [0.5, 0.6) is 0 Å².